The van der Waals surface area contributed by atoms with Gasteiger partial charge in [-0.1, -0.05) is 18.2 Å². The summed E-state index contributed by atoms with van der Waals surface area (Å²) in [6, 6.07) is 8.21. The van der Waals surface area contributed by atoms with Gasteiger partial charge in [-0.3, -0.25) is 14.2 Å². The minimum atomic E-state index is -0.341. The van der Waals surface area contributed by atoms with Crippen LogP contribution < -0.4 is 5.32 Å². The summed E-state index contributed by atoms with van der Waals surface area (Å²) in [7, 11) is 0. The largest absolute Gasteiger partial charge is 0.317 e. The van der Waals surface area contributed by atoms with Gasteiger partial charge in [-0.25, -0.2) is 9.07 Å². The number of anilines is 1. The van der Waals surface area contributed by atoms with Gasteiger partial charge in [0.05, 0.1) is 34.3 Å². The van der Waals surface area contributed by atoms with Crippen molar-refractivity contribution in [3.8, 4) is 0 Å². The molecule has 0 spiro atoms. The maximum atomic E-state index is 14.0. The molecule has 0 fully saturated rings. The number of carbonyl (C=O) groups excluding carboxylic acids is 1. The molecule has 0 aliphatic heterocycles. The van der Waals surface area contributed by atoms with Crippen molar-refractivity contribution in [1.82, 2.24) is 29.3 Å². The zero-order chi connectivity index (χ0) is 21.3. The summed E-state index contributed by atoms with van der Waals surface area (Å²) in [5.74, 6) is -0.627. The van der Waals surface area contributed by atoms with Crippen LogP contribution in [0, 0.1) is 19.7 Å². The highest BCUT2D eigenvalue weighted by Crippen LogP contribution is 2.21. The Hall–Kier alpha value is -3.27. The number of carbonyl (C=O) groups is 1. The third-order valence-electron chi connectivity index (χ3n) is 4.66. The zero-order valence-electron chi connectivity index (χ0n) is 16.4. The second-order valence-corrected chi connectivity index (χ2v) is 7.74. The Balaban J connectivity index is 1.48. The highest BCUT2D eigenvalue weighted by Gasteiger charge is 2.17. The minimum absolute atomic E-state index is 0.280. The molecule has 3 heterocycles. The van der Waals surface area contributed by atoms with E-state index in [2.05, 4.69) is 36.5 Å². The van der Waals surface area contributed by atoms with Crippen LogP contribution in [-0.2, 0) is 13.2 Å². The van der Waals surface area contributed by atoms with Crippen molar-refractivity contribution in [1.29, 1.82) is 0 Å². The van der Waals surface area contributed by atoms with Crippen LogP contribution in [0.1, 0.15) is 27.4 Å². The van der Waals surface area contributed by atoms with E-state index in [1.165, 1.54) is 6.07 Å². The SMILES string of the molecule is Cc1nn(Cc2ccccc2F)c(C)c1NC(=O)c1ccn(Cn2cc(Br)cn2)n1. The molecular weight excluding hydrogens is 453 g/mol. The van der Waals surface area contributed by atoms with E-state index in [0.29, 0.717) is 23.6 Å². The van der Waals surface area contributed by atoms with E-state index in [1.54, 1.807) is 57.6 Å². The van der Waals surface area contributed by atoms with Crippen molar-refractivity contribution in [2.24, 2.45) is 0 Å². The Morgan fingerprint density at radius 3 is 2.70 bits per heavy atom. The van der Waals surface area contributed by atoms with Crippen molar-refractivity contribution in [2.45, 2.75) is 27.1 Å². The van der Waals surface area contributed by atoms with Gasteiger partial charge in [0.15, 0.2) is 5.69 Å². The second kappa shape index (κ2) is 8.23. The highest BCUT2D eigenvalue weighted by molar-refractivity contribution is 9.10. The lowest BCUT2D eigenvalue weighted by Crippen LogP contribution is -2.16. The average molecular weight is 472 g/mol. The Labute approximate surface area is 180 Å². The third-order valence-corrected chi connectivity index (χ3v) is 5.07. The second-order valence-electron chi connectivity index (χ2n) is 6.83. The standard InChI is InChI=1S/C20H19BrFN7O/c1-13-19(14(2)29(25-13)10-15-5-3-4-6-17(15)22)24-20(30)18-7-8-27(26-18)12-28-11-16(21)9-23-28/h3-9,11H,10,12H2,1-2H3,(H,24,30). The number of aryl methyl sites for hydroxylation is 1. The molecule has 1 N–H and O–H groups in total. The Morgan fingerprint density at radius 2 is 1.97 bits per heavy atom. The lowest BCUT2D eigenvalue weighted by Gasteiger charge is -2.07. The normalized spacial score (nSPS) is 11.1. The van der Waals surface area contributed by atoms with E-state index in [9.17, 15) is 9.18 Å². The maximum Gasteiger partial charge on any atom is 0.276 e. The molecule has 154 valence electrons. The molecule has 0 saturated carbocycles. The first-order chi connectivity index (χ1) is 14.4. The molecule has 8 nitrogen and oxygen atoms in total. The summed E-state index contributed by atoms with van der Waals surface area (Å²) in [6.45, 7) is 4.31. The van der Waals surface area contributed by atoms with E-state index in [4.69, 9.17) is 0 Å². The van der Waals surface area contributed by atoms with Crippen LogP contribution in [0.25, 0.3) is 0 Å². The molecule has 0 radical (unpaired) electrons. The molecule has 0 bridgehead atoms. The molecule has 4 rings (SSSR count). The highest BCUT2D eigenvalue weighted by atomic mass is 79.9. The van der Waals surface area contributed by atoms with Gasteiger partial charge >= 0.3 is 0 Å². The fourth-order valence-corrected chi connectivity index (χ4v) is 3.45. The lowest BCUT2D eigenvalue weighted by atomic mass is 10.2. The van der Waals surface area contributed by atoms with Crippen LogP contribution in [-0.4, -0.2) is 35.2 Å². The summed E-state index contributed by atoms with van der Waals surface area (Å²) in [6.07, 6.45) is 5.21. The van der Waals surface area contributed by atoms with Gasteiger partial charge in [0.1, 0.15) is 12.5 Å². The van der Waals surface area contributed by atoms with Crippen molar-refractivity contribution in [3.63, 3.8) is 0 Å². The van der Waals surface area contributed by atoms with Crippen LogP contribution in [0.4, 0.5) is 10.1 Å². The molecule has 0 unspecified atom stereocenters. The molecule has 3 aromatic heterocycles. The lowest BCUT2D eigenvalue weighted by molar-refractivity contribution is 0.102. The van der Waals surface area contributed by atoms with E-state index in [1.807, 2.05) is 13.1 Å². The van der Waals surface area contributed by atoms with Gasteiger partial charge in [-0.2, -0.15) is 15.3 Å². The van der Waals surface area contributed by atoms with Crippen molar-refractivity contribution in [3.05, 3.63) is 81.9 Å². The average Bonchev–Trinajstić information content (AvgIpc) is 3.41. The van der Waals surface area contributed by atoms with E-state index in [0.717, 1.165) is 10.2 Å². The topological polar surface area (TPSA) is 82.6 Å². The molecule has 10 heteroatoms. The zero-order valence-corrected chi connectivity index (χ0v) is 18.0. The monoisotopic (exact) mass is 471 g/mol. The van der Waals surface area contributed by atoms with Gasteiger partial charge in [-0.15, -0.1) is 0 Å². The molecule has 0 atom stereocenters. The maximum absolute atomic E-state index is 14.0. The molecule has 1 amide bonds. The number of aromatic nitrogens is 6. The first kappa shape index (κ1) is 20.0. The Bertz CT molecular complexity index is 1210. The molecule has 0 aliphatic carbocycles. The molecule has 0 aliphatic rings. The first-order valence-electron chi connectivity index (χ1n) is 9.21. The number of nitrogens with zero attached hydrogens (tertiary/aromatic N) is 6. The fraction of sp³-hybridized carbons (Fsp3) is 0.200. The van der Waals surface area contributed by atoms with Gasteiger partial charge in [-0.05, 0) is 41.9 Å². The van der Waals surface area contributed by atoms with Crippen LogP contribution in [0.15, 0.2) is 53.4 Å². The summed E-state index contributed by atoms with van der Waals surface area (Å²) in [5, 5.41) is 15.8. The Kier molecular flexibility index (Phi) is 5.49. The van der Waals surface area contributed by atoms with E-state index < -0.39 is 0 Å². The number of hydrogen-bond acceptors (Lipinski definition) is 4. The van der Waals surface area contributed by atoms with Crippen molar-refractivity contribution in [2.75, 3.05) is 5.32 Å². The van der Waals surface area contributed by atoms with Gasteiger partial charge in [0.25, 0.3) is 5.91 Å². The predicted molar refractivity (Wildman–Crippen MR) is 113 cm³/mol. The van der Waals surface area contributed by atoms with Crippen molar-refractivity contribution >= 4 is 27.5 Å². The van der Waals surface area contributed by atoms with Crippen molar-refractivity contribution < 1.29 is 9.18 Å². The number of halogens is 2. The van der Waals surface area contributed by atoms with Gasteiger partial charge in [0, 0.05) is 18.0 Å². The molecule has 4 aromatic rings. The summed E-state index contributed by atoms with van der Waals surface area (Å²) >= 11 is 3.35. The number of rotatable bonds is 6. The number of amides is 1. The number of benzene rings is 1. The number of nitrogens with one attached hydrogen (secondary N) is 1. The minimum Gasteiger partial charge on any atom is -0.317 e. The number of hydrogen-bond donors (Lipinski definition) is 1. The van der Waals surface area contributed by atoms with Crippen LogP contribution in [0.2, 0.25) is 0 Å². The quantitative estimate of drug-likeness (QED) is 0.465. The Morgan fingerprint density at radius 1 is 1.17 bits per heavy atom. The molecule has 30 heavy (non-hydrogen) atoms. The smallest absolute Gasteiger partial charge is 0.276 e. The predicted octanol–water partition coefficient (Wildman–Crippen LogP) is 3.60. The van der Waals surface area contributed by atoms with Crippen LogP contribution in [0.5, 0.6) is 0 Å². The van der Waals surface area contributed by atoms with E-state index in [-0.39, 0.29) is 24.0 Å². The molecule has 0 saturated heterocycles. The summed E-state index contributed by atoms with van der Waals surface area (Å²) < 4.78 is 19.8. The van der Waals surface area contributed by atoms with E-state index >= 15 is 0 Å². The summed E-state index contributed by atoms with van der Waals surface area (Å²) in [5.41, 5.74) is 2.80. The first-order valence-corrected chi connectivity index (χ1v) is 10.00. The van der Waals surface area contributed by atoms with Gasteiger partial charge < -0.3 is 5.32 Å². The molecular formula is C20H19BrFN7O. The van der Waals surface area contributed by atoms with Gasteiger partial charge in [0.2, 0.25) is 0 Å². The van der Waals surface area contributed by atoms with Crippen LogP contribution >= 0.6 is 15.9 Å². The fourth-order valence-electron chi connectivity index (χ4n) is 3.12. The summed E-state index contributed by atoms with van der Waals surface area (Å²) in [4.78, 5) is 12.7. The molecule has 1 aromatic carbocycles. The third kappa shape index (κ3) is 4.18. The van der Waals surface area contributed by atoms with Crippen LogP contribution in [0.3, 0.4) is 0 Å².